The number of fused-ring (bicyclic) bond motifs is 2. The largest absolute Gasteiger partial charge is 0.484 e. The fourth-order valence-corrected chi connectivity index (χ4v) is 3.61. The van der Waals surface area contributed by atoms with Crippen molar-refractivity contribution in [3.8, 4) is 5.75 Å². The number of aryl methyl sites for hydroxylation is 1. The maximum atomic E-state index is 12.6. The molecule has 0 aliphatic heterocycles. The lowest BCUT2D eigenvalue weighted by Crippen LogP contribution is -2.34. The van der Waals surface area contributed by atoms with Gasteiger partial charge in [-0.05, 0) is 46.9 Å². The molecule has 126 valence electrons. The molecule has 0 N–H and O–H groups in total. The van der Waals surface area contributed by atoms with Gasteiger partial charge in [0.05, 0.1) is 6.04 Å². The highest BCUT2D eigenvalue weighted by atomic mass is 16.5. The molecule has 3 aromatic rings. The first-order valence-corrected chi connectivity index (χ1v) is 8.67. The SMILES string of the molecule is CN(C(=O)COc1ccc2ccccc2c1)C1CCc2ccccc21. The number of rotatable bonds is 4. The molecule has 3 aromatic carbocycles. The van der Waals surface area contributed by atoms with Gasteiger partial charge in [-0.15, -0.1) is 0 Å². The third-order valence-corrected chi connectivity index (χ3v) is 5.05. The Morgan fingerprint density at radius 2 is 1.80 bits per heavy atom. The van der Waals surface area contributed by atoms with Crippen LogP contribution in [0.5, 0.6) is 5.75 Å². The highest BCUT2D eigenvalue weighted by Crippen LogP contribution is 2.34. The summed E-state index contributed by atoms with van der Waals surface area (Å²) in [6, 6.07) is 22.6. The zero-order valence-corrected chi connectivity index (χ0v) is 14.3. The molecule has 0 radical (unpaired) electrons. The van der Waals surface area contributed by atoms with E-state index in [4.69, 9.17) is 4.74 Å². The van der Waals surface area contributed by atoms with Gasteiger partial charge < -0.3 is 9.64 Å². The van der Waals surface area contributed by atoms with Crippen LogP contribution in [0.4, 0.5) is 0 Å². The second kappa shape index (κ2) is 6.60. The van der Waals surface area contributed by atoms with Crippen LogP contribution in [0.2, 0.25) is 0 Å². The Balaban J connectivity index is 1.43. The van der Waals surface area contributed by atoms with Crippen LogP contribution in [0.1, 0.15) is 23.6 Å². The summed E-state index contributed by atoms with van der Waals surface area (Å²) >= 11 is 0. The van der Waals surface area contributed by atoms with Crippen molar-refractivity contribution in [1.29, 1.82) is 0 Å². The Hall–Kier alpha value is -2.81. The minimum atomic E-state index is 0.00913. The number of carbonyl (C=O) groups is 1. The van der Waals surface area contributed by atoms with Crippen molar-refractivity contribution in [2.24, 2.45) is 0 Å². The number of ether oxygens (including phenoxy) is 1. The van der Waals surface area contributed by atoms with Crippen LogP contribution in [0.3, 0.4) is 0 Å². The number of hydrogen-bond donors (Lipinski definition) is 0. The van der Waals surface area contributed by atoms with Gasteiger partial charge in [0, 0.05) is 7.05 Å². The highest BCUT2D eigenvalue weighted by molar-refractivity contribution is 5.84. The third kappa shape index (κ3) is 3.10. The lowest BCUT2D eigenvalue weighted by Gasteiger charge is -2.25. The van der Waals surface area contributed by atoms with Crippen LogP contribution < -0.4 is 4.74 Å². The zero-order chi connectivity index (χ0) is 17.2. The molecule has 1 amide bonds. The standard InChI is InChI=1S/C22H21NO2/c1-23(21-13-11-17-7-4-5-9-20(17)21)22(24)15-25-19-12-10-16-6-2-3-8-18(16)14-19/h2-10,12,14,21H,11,13,15H2,1H3. The van der Waals surface area contributed by atoms with Gasteiger partial charge >= 0.3 is 0 Å². The van der Waals surface area contributed by atoms with E-state index >= 15 is 0 Å². The van der Waals surface area contributed by atoms with Crippen LogP contribution in [0.15, 0.2) is 66.7 Å². The molecular weight excluding hydrogens is 310 g/mol. The van der Waals surface area contributed by atoms with Crippen LogP contribution in [-0.2, 0) is 11.2 Å². The molecule has 1 aliphatic carbocycles. The summed E-state index contributed by atoms with van der Waals surface area (Å²) in [5.74, 6) is 0.738. The van der Waals surface area contributed by atoms with E-state index < -0.39 is 0 Å². The fraction of sp³-hybridized carbons (Fsp3) is 0.227. The molecule has 0 saturated heterocycles. The molecule has 4 rings (SSSR count). The molecule has 3 nitrogen and oxygen atoms in total. The van der Waals surface area contributed by atoms with Gasteiger partial charge in [-0.25, -0.2) is 0 Å². The summed E-state index contributed by atoms with van der Waals surface area (Å²) in [7, 11) is 1.87. The van der Waals surface area contributed by atoms with Crippen molar-refractivity contribution in [2.45, 2.75) is 18.9 Å². The monoisotopic (exact) mass is 331 g/mol. The second-order valence-electron chi connectivity index (χ2n) is 6.56. The highest BCUT2D eigenvalue weighted by Gasteiger charge is 2.28. The first-order chi connectivity index (χ1) is 12.2. The van der Waals surface area contributed by atoms with Crippen LogP contribution in [0, 0.1) is 0 Å². The zero-order valence-electron chi connectivity index (χ0n) is 14.3. The summed E-state index contributed by atoms with van der Waals surface area (Å²) < 4.78 is 5.75. The predicted molar refractivity (Wildman–Crippen MR) is 99.7 cm³/mol. The number of nitrogens with zero attached hydrogens (tertiary/aromatic N) is 1. The fourth-order valence-electron chi connectivity index (χ4n) is 3.61. The van der Waals surface area contributed by atoms with Gasteiger partial charge in [0.2, 0.25) is 0 Å². The van der Waals surface area contributed by atoms with Crippen molar-refractivity contribution >= 4 is 16.7 Å². The van der Waals surface area contributed by atoms with Crippen LogP contribution >= 0.6 is 0 Å². The van der Waals surface area contributed by atoms with E-state index in [1.807, 2.05) is 54.4 Å². The molecule has 0 heterocycles. The minimum absolute atomic E-state index is 0.00913. The van der Waals surface area contributed by atoms with Crippen molar-refractivity contribution in [2.75, 3.05) is 13.7 Å². The average molecular weight is 331 g/mol. The second-order valence-corrected chi connectivity index (χ2v) is 6.56. The Kier molecular flexibility index (Phi) is 4.14. The van der Waals surface area contributed by atoms with Gasteiger partial charge in [0.25, 0.3) is 5.91 Å². The van der Waals surface area contributed by atoms with Gasteiger partial charge in [-0.2, -0.15) is 0 Å². The molecule has 3 heteroatoms. The number of likely N-dealkylation sites (N-methyl/N-ethyl adjacent to an activating group) is 1. The Bertz CT molecular complexity index is 919. The van der Waals surface area contributed by atoms with Crippen LogP contribution in [-0.4, -0.2) is 24.5 Å². The Labute approximate surface area is 147 Å². The number of hydrogen-bond acceptors (Lipinski definition) is 2. The topological polar surface area (TPSA) is 29.5 Å². The quantitative estimate of drug-likeness (QED) is 0.711. The van der Waals surface area contributed by atoms with E-state index in [-0.39, 0.29) is 18.6 Å². The number of carbonyl (C=O) groups excluding carboxylic acids is 1. The average Bonchev–Trinajstić information content (AvgIpc) is 3.09. The summed E-state index contributed by atoms with van der Waals surface area (Å²) in [5.41, 5.74) is 2.62. The van der Waals surface area contributed by atoms with E-state index in [1.54, 1.807) is 0 Å². The first kappa shape index (κ1) is 15.7. The Morgan fingerprint density at radius 3 is 2.68 bits per heavy atom. The summed E-state index contributed by atoms with van der Waals surface area (Å²) in [6.07, 6.45) is 2.02. The summed E-state index contributed by atoms with van der Waals surface area (Å²) in [5, 5.41) is 2.28. The Morgan fingerprint density at radius 1 is 1.04 bits per heavy atom. The van der Waals surface area contributed by atoms with Crippen molar-refractivity contribution < 1.29 is 9.53 Å². The predicted octanol–water partition coefficient (Wildman–Crippen LogP) is 4.36. The van der Waals surface area contributed by atoms with Gasteiger partial charge in [-0.1, -0.05) is 54.6 Å². The third-order valence-electron chi connectivity index (χ3n) is 5.05. The molecule has 1 aliphatic rings. The summed E-state index contributed by atoms with van der Waals surface area (Å²) in [6.45, 7) is 0.0630. The lowest BCUT2D eigenvalue weighted by molar-refractivity contribution is -0.134. The maximum Gasteiger partial charge on any atom is 0.260 e. The number of benzene rings is 3. The molecule has 0 saturated carbocycles. The summed E-state index contributed by atoms with van der Waals surface area (Å²) in [4.78, 5) is 14.4. The molecule has 0 aromatic heterocycles. The van der Waals surface area contributed by atoms with Crippen molar-refractivity contribution in [1.82, 2.24) is 4.90 Å². The molecule has 0 fully saturated rings. The van der Waals surface area contributed by atoms with Gasteiger partial charge in [0.15, 0.2) is 6.61 Å². The van der Waals surface area contributed by atoms with Gasteiger partial charge in [0.1, 0.15) is 5.75 Å². The van der Waals surface area contributed by atoms with E-state index in [1.165, 1.54) is 16.5 Å². The normalized spacial score (nSPS) is 15.8. The molecule has 0 bridgehead atoms. The minimum Gasteiger partial charge on any atom is -0.484 e. The van der Waals surface area contributed by atoms with E-state index in [9.17, 15) is 4.79 Å². The molecule has 0 spiro atoms. The number of amides is 1. The van der Waals surface area contributed by atoms with Crippen LogP contribution in [0.25, 0.3) is 10.8 Å². The van der Waals surface area contributed by atoms with E-state index in [2.05, 4.69) is 24.3 Å². The lowest BCUT2D eigenvalue weighted by atomic mass is 10.1. The molecule has 25 heavy (non-hydrogen) atoms. The van der Waals surface area contributed by atoms with Gasteiger partial charge in [-0.3, -0.25) is 4.79 Å². The molecular formula is C22H21NO2. The van der Waals surface area contributed by atoms with Crippen molar-refractivity contribution in [3.05, 3.63) is 77.9 Å². The smallest absolute Gasteiger partial charge is 0.260 e. The van der Waals surface area contributed by atoms with E-state index in [0.717, 1.165) is 24.0 Å². The van der Waals surface area contributed by atoms with E-state index in [0.29, 0.717) is 0 Å². The van der Waals surface area contributed by atoms with Crippen molar-refractivity contribution in [3.63, 3.8) is 0 Å². The first-order valence-electron chi connectivity index (χ1n) is 8.67. The molecule has 1 atom stereocenters. The molecule has 1 unspecified atom stereocenters. The maximum absolute atomic E-state index is 12.6.